The number of rotatable bonds is 4. The van der Waals surface area contributed by atoms with Crippen LogP contribution in [0.1, 0.15) is 28.4 Å². The minimum Gasteiger partial charge on any atom is -0.349 e. The van der Waals surface area contributed by atoms with E-state index in [2.05, 4.69) is 40.3 Å². The molecule has 0 radical (unpaired) electrons. The van der Waals surface area contributed by atoms with Crippen LogP contribution >= 0.6 is 27.5 Å². The van der Waals surface area contributed by atoms with Gasteiger partial charge in [0, 0.05) is 10.5 Å². The molecule has 0 bridgehead atoms. The van der Waals surface area contributed by atoms with E-state index in [0.29, 0.717) is 10.6 Å². The largest absolute Gasteiger partial charge is 0.349 e. The molecule has 1 unspecified atom stereocenters. The lowest BCUT2D eigenvalue weighted by Crippen LogP contribution is -2.34. The molecule has 1 atom stereocenters. The summed E-state index contributed by atoms with van der Waals surface area (Å²) in [6.45, 7) is 4.07. The summed E-state index contributed by atoms with van der Waals surface area (Å²) in [6.07, 6.45) is 0.796. The Morgan fingerprint density at radius 3 is 2.67 bits per heavy atom. The first-order valence-corrected chi connectivity index (χ1v) is 7.95. The standard InChI is InChI=1S/C17H17BrClNO/c1-11-6-3-4-7-13(11)10-12(2)20-17(21)14-8-5-9-15(18)16(14)19/h3-9,12H,10H2,1-2H3,(H,20,21). The Morgan fingerprint density at radius 2 is 1.95 bits per heavy atom. The number of amides is 1. The van der Waals surface area contributed by atoms with Gasteiger partial charge in [-0.2, -0.15) is 0 Å². The van der Waals surface area contributed by atoms with Crippen molar-refractivity contribution in [2.75, 3.05) is 0 Å². The van der Waals surface area contributed by atoms with Gasteiger partial charge in [0.15, 0.2) is 0 Å². The predicted molar refractivity (Wildman–Crippen MR) is 91.0 cm³/mol. The van der Waals surface area contributed by atoms with Gasteiger partial charge < -0.3 is 5.32 Å². The molecule has 1 N–H and O–H groups in total. The molecule has 0 fully saturated rings. The molecule has 0 aliphatic rings. The zero-order chi connectivity index (χ0) is 15.4. The number of hydrogen-bond acceptors (Lipinski definition) is 1. The third-order valence-corrected chi connectivity index (χ3v) is 4.66. The molecule has 4 heteroatoms. The minimum atomic E-state index is -0.151. The maximum Gasteiger partial charge on any atom is 0.253 e. The van der Waals surface area contributed by atoms with E-state index in [1.807, 2.05) is 25.1 Å². The van der Waals surface area contributed by atoms with Gasteiger partial charge in [0.1, 0.15) is 0 Å². The van der Waals surface area contributed by atoms with Gasteiger partial charge in [-0.15, -0.1) is 0 Å². The van der Waals surface area contributed by atoms with Crippen molar-refractivity contribution in [2.24, 2.45) is 0 Å². The number of halogens is 2. The normalized spacial score (nSPS) is 12.0. The summed E-state index contributed by atoms with van der Waals surface area (Å²) in [5, 5.41) is 3.44. The second-order valence-corrected chi connectivity index (χ2v) is 6.34. The molecule has 0 aliphatic carbocycles. The third-order valence-electron chi connectivity index (χ3n) is 3.36. The summed E-state index contributed by atoms with van der Waals surface area (Å²) in [7, 11) is 0. The van der Waals surface area contributed by atoms with Crippen LogP contribution in [0.2, 0.25) is 5.02 Å². The maximum atomic E-state index is 12.3. The van der Waals surface area contributed by atoms with Crippen LogP contribution in [0.15, 0.2) is 46.9 Å². The SMILES string of the molecule is Cc1ccccc1CC(C)NC(=O)c1cccc(Br)c1Cl. The van der Waals surface area contributed by atoms with Crippen LogP contribution in [-0.4, -0.2) is 11.9 Å². The second kappa shape index (κ2) is 7.10. The lowest BCUT2D eigenvalue weighted by molar-refractivity contribution is 0.0940. The van der Waals surface area contributed by atoms with Crippen molar-refractivity contribution in [3.05, 3.63) is 68.7 Å². The Hall–Kier alpha value is -1.32. The van der Waals surface area contributed by atoms with Gasteiger partial charge in [-0.25, -0.2) is 0 Å². The molecule has 0 aromatic heterocycles. The molecule has 0 heterocycles. The van der Waals surface area contributed by atoms with E-state index in [1.165, 1.54) is 11.1 Å². The number of carbonyl (C=O) groups is 1. The van der Waals surface area contributed by atoms with Crippen molar-refractivity contribution < 1.29 is 4.79 Å². The lowest BCUT2D eigenvalue weighted by atomic mass is 10.0. The Kier molecular flexibility index (Phi) is 5.43. The number of aryl methyl sites for hydroxylation is 1. The van der Waals surface area contributed by atoms with Crippen molar-refractivity contribution >= 4 is 33.4 Å². The average Bonchev–Trinajstić information content (AvgIpc) is 2.44. The molecule has 2 aromatic carbocycles. The lowest BCUT2D eigenvalue weighted by Gasteiger charge is -2.16. The van der Waals surface area contributed by atoms with Gasteiger partial charge in [-0.3, -0.25) is 4.79 Å². The molecule has 0 aliphatic heterocycles. The van der Waals surface area contributed by atoms with Gasteiger partial charge in [0.2, 0.25) is 0 Å². The molecular formula is C17H17BrClNO. The molecule has 2 nitrogen and oxygen atoms in total. The van der Waals surface area contributed by atoms with Gasteiger partial charge >= 0.3 is 0 Å². The summed E-state index contributed by atoms with van der Waals surface area (Å²) < 4.78 is 0.725. The highest BCUT2D eigenvalue weighted by Gasteiger charge is 2.15. The topological polar surface area (TPSA) is 29.1 Å². The van der Waals surface area contributed by atoms with Crippen LogP contribution in [0, 0.1) is 6.92 Å². The van der Waals surface area contributed by atoms with Gasteiger partial charge in [0.05, 0.1) is 10.6 Å². The van der Waals surface area contributed by atoms with E-state index in [9.17, 15) is 4.79 Å². The molecule has 110 valence electrons. The first-order chi connectivity index (χ1) is 9.99. The highest BCUT2D eigenvalue weighted by Crippen LogP contribution is 2.26. The average molecular weight is 367 g/mol. The van der Waals surface area contributed by atoms with Crippen molar-refractivity contribution in [3.8, 4) is 0 Å². The van der Waals surface area contributed by atoms with E-state index in [4.69, 9.17) is 11.6 Å². The molecule has 1 amide bonds. The van der Waals surface area contributed by atoms with Crippen molar-refractivity contribution in [3.63, 3.8) is 0 Å². The van der Waals surface area contributed by atoms with Crippen molar-refractivity contribution in [2.45, 2.75) is 26.3 Å². The van der Waals surface area contributed by atoms with E-state index in [-0.39, 0.29) is 11.9 Å². The first-order valence-electron chi connectivity index (χ1n) is 6.78. The van der Waals surface area contributed by atoms with Crippen LogP contribution in [0.25, 0.3) is 0 Å². The summed E-state index contributed by atoms with van der Waals surface area (Å²) in [4.78, 5) is 12.3. The molecule has 2 aromatic rings. The highest BCUT2D eigenvalue weighted by atomic mass is 79.9. The van der Waals surface area contributed by atoms with E-state index < -0.39 is 0 Å². The van der Waals surface area contributed by atoms with Crippen molar-refractivity contribution in [1.29, 1.82) is 0 Å². The van der Waals surface area contributed by atoms with E-state index in [1.54, 1.807) is 12.1 Å². The molecule has 0 saturated carbocycles. The van der Waals surface area contributed by atoms with Gasteiger partial charge in [-0.05, 0) is 59.5 Å². The monoisotopic (exact) mass is 365 g/mol. The Morgan fingerprint density at radius 1 is 1.24 bits per heavy atom. The quantitative estimate of drug-likeness (QED) is 0.829. The summed E-state index contributed by atoms with van der Waals surface area (Å²) >= 11 is 9.48. The minimum absolute atomic E-state index is 0.0358. The smallest absolute Gasteiger partial charge is 0.253 e. The number of nitrogens with one attached hydrogen (secondary N) is 1. The fourth-order valence-electron chi connectivity index (χ4n) is 2.20. The predicted octanol–water partition coefficient (Wildman–Crippen LogP) is 4.77. The van der Waals surface area contributed by atoms with Crippen LogP contribution in [0.3, 0.4) is 0 Å². The molecule has 2 rings (SSSR count). The second-order valence-electron chi connectivity index (χ2n) is 5.11. The fourth-order valence-corrected chi connectivity index (χ4v) is 2.78. The fraction of sp³-hybridized carbons (Fsp3) is 0.235. The number of hydrogen-bond donors (Lipinski definition) is 1. The summed E-state index contributed by atoms with van der Waals surface area (Å²) in [5.41, 5.74) is 2.97. The van der Waals surface area contributed by atoms with Gasteiger partial charge in [0.25, 0.3) is 5.91 Å². The Balaban J connectivity index is 2.06. The van der Waals surface area contributed by atoms with E-state index >= 15 is 0 Å². The molecule has 0 saturated heterocycles. The zero-order valence-corrected chi connectivity index (χ0v) is 14.3. The summed E-state index contributed by atoms with van der Waals surface area (Å²) in [5.74, 6) is -0.151. The maximum absolute atomic E-state index is 12.3. The zero-order valence-electron chi connectivity index (χ0n) is 12.0. The van der Waals surface area contributed by atoms with E-state index in [0.717, 1.165) is 10.9 Å². The molecular weight excluding hydrogens is 350 g/mol. The van der Waals surface area contributed by atoms with Gasteiger partial charge in [-0.1, -0.05) is 41.9 Å². The third kappa shape index (κ3) is 4.08. The number of carbonyl (C=O) groups excluding carboxylic acids is 1. The Labute approximate surface area is 138 Å². The highest BCUT2D eigenvalue weighted by molar-refractivity contribution is 9.10. The summed E-state index contributed by atoms with van der Waals surface area (Å²) in [6, 6.07) is 13.6. The van der Waals surface area contributed by atoms with Crippen LogP contribution in [0.4, 0.5) is 0 Å². The van der Waals surface area contributed by atoms with Crippen LogP contribution in [0.5, 0.6) is 0 Å². The molecule has 21 heavy (non-hydrogen) atoms. The Bertz CT molecular complexity index is 657. The first kappa shape index (κ1) is 16.1. The molecule has 0 spiro atoms. The van der Waals surface area contributed by atoms with Crippen LogP contribution in [-0.2, 0) is 6.42 Å². The van der Waals surface area contributed by atoms with Crippen LogP contribution < -0.4 is 5.32 Å². The van der Waals surface area contributed by atoms with Crippen molar-refractivity contribution in [1.82, 2.24) is 5.32 Å². The number of benzene rings is 2.